The van der Waals surface area contributed by atoms with Crippen LogP contribution in [0.25, 0.3) is 11.3 Å². The Morgan fingerprint density at radius 1 is 1.33 bits per heavy atom. The molecule has 0 saturated carbocycles. The molecule has 1 N–H and O–H groups in total. The minimum atomic E-state index is 0.628. The van der Waals surface area contributed by atoms with Gasteiger partial charge in [-0.25, -0.2) is 0 Å². The second-order valence-corrected chi connectivity index (χ2v) is 6.14. The van der Waals surface area contributed by atoms with Crippen LogP contribution < -0.4 is 0 Å². The summed E-state index contributed by atoms with van der Waals surface area (Å²) in [4.78, 5) is 11.7. The van der Waals surface area contributed by atoms with Gasteiger partial charge in [-0.1, -0.05) is 0 Å². The van der Waals surface area contributed by atoms with Crippen molar-refractivity contribution in [2.24, 2.45) is 5.92 Å². The van der Waals surface area contributed by atoms with Crippen LogP contribution in [0.15, 0.2) is 24.8 Å². The molecule has 2 aromatic rings. The average Bonchev–Trinajstić information content (AvgIpc) is 3.02. The molecule has 0 bridgehead atoms. The van der Waals surface area contributed by atoms with E-state index in [4.69, 9.17) is 0 Å². The van der Waals surface area contributed by atoms with Crippen molar-refractivity contribution in [2.75, 3.05) is 13.1 Å². The number of rotatable bonds is 4. The Hall–Kier alpha value is -1.75. The highest BCUT2D eigenvalue weighted by atomic mass is 15.2. The van der Waals surface area contributed by atoms with Gasteiger partial charge in [0.05, 0.1) is 17.6 Å². The molecule has 0 aliphatic carbocycles. The molecule has 3 heterocycles. The highest BCUT2D eigenvalue weighted by Crippen LogP contribution is 2.25. The Labute approximate surface area is 125 Å². The number of aromatic amines is 1. The summed E-state index contributed by atoms with van der Waals surface area (Å²) in [7, 11) is 0. The Kier molecular flexibility index (Phi) is 4.29. The van der Waals surface area contributed by atoms with Gasteiger partial charge < -0.3 is 4.90 Å². The summed E-state index contributed by atoms with van der Waals surface area (Å²) in [5.41, 5.74) is 3.08. The third kappa shape index (κ3) is 3.29. The van der Waals surface area contributed by atoms with Gasteiger partial charge in [-0.05, 0) is 45.6 Å². The lowest BCUT2D eigenvalue weighted by molar-refractivity contribution is 0.139. The maximum atomic E-state index is 4.58. The lowest BCUT2D eigenvalue weighted by atomic mass is 9.91. The van der Waals surface area contributed by atoms with Crippen molar-refractivity contribution >= 4 is 0 Å². The lowest BCUT2D eigenvalue weighted by Crippen LogP contribution is -2.40. The number of piperidine rings is 1. The van der Waals surface area contributed by atoms with Crippen molar-refractivity contribution in [3.8, 4) is 11.3 Å². The van der Waals surface area contributed by atoms with E-state index in [0.29, 0.717) is 12.0 Å². The number of nitrogens with one attached hydrogen (secondary N) is 1. The number of hydrogen-bond donors (Lipinski definition) is 1. The number of H-pyrrole nitrogens is 1. The molecule has 0 amide bonds. The normalized spacial score (nSPS) is 20.0. The summed E-state index contributed by atoms with van der Waals surface area (Å²) >= 11 is 0. The maximum absolute atomic E-state index is 4.58. The fraction of sp³-hybridized carbons (Fsp3) is 0.562. The minimum absolute atomic E-state index is 0.628. The van der Waals surface area contributed by atoms with E-state index >= 15 is 0 Å². The van der Waals surface area contributed by atoms with Crippen LogP contribution in [0.4, 0.5) is 0 Å². The van der Waals surface area contributed by atoms with Crippen LogP contribution in [0.1, 0.15) is 32.4 Å². The molecule has 21 heavy (non-hydrogen) atoms. The average molecular weight is 285 g/mol. The molecule has 1 fully saturated rings. The van der Waals surface area contributed by atoms with Crippen molar-refractivity contribution in [1.82, 2.24) is 25.1 Å². The summed E-state index contributed by atoms with van der Waals surface area (Å²) in [6.07, 6.45) is 10.8. The van der Waals surface area contributed by atoms with Gasteiger partial charge in [-0.3, -0.25) is 15.1 Å². The van der Waals surface area contributed by atoms with Gasteiger partial charge in [0.25, 0.3) is 0 Å². The highest BCUT2D eigenvalue weighted by Gasteiger charge is 2.23. The highest BCUT2D eigenvalue weighted by molar-refractivity contribution is 5.59. The van der Waals surface area contributed by atoms with Gasteiger partial charge in [0.2, 0.25) is 0 Å². The topological polar surface area (TPSA) is 57.7 Å². The first kappa shape index (κ1) is 14.2. The summed E-state index contributed by atoms with van der Waals surface area (Å²) in [5.74, 6) is 0.670. The van der Waals surface area contributed by atoms with E-state index in [-0.39, 0.29) is 0 Å². The van der Waals surface area contributed by atoms with Crippen LogP contribution in [0.3, 0.4) is 0 Å². The van der Waals surface area contributed by atoms with Crippen LogP contribution in [0, 0.1) is 5.92 Å². The van der Waals surface area contributed by atoms with Crippen LogP contribution in [-0.4, -0.2) is 44.2 Å². The van der Waals surface area contributed by atoms with Gasteiger partial charge in [0.1, 0.15) is 0 Å². The standard InChI is InChI=1S/C16H23N5/c1-12(2)21-7-3-4-13(11-21)8-15-16(18-6-5-17-15)14-9-19-20-10-14/h5-6,9-10,12-13H,3-4,7-8,11H2,1-2H3,(H,19,20). The molecular weight excluding hydrogens is 262 g/mol. The Morgan fingerprint density at radius 2 is 2.19 bits per heavy atom. The molecule has 3 rings (SSSR count). The first-order valence-electron chi connectivity index (χ1n) is 7.77. The van der Waals surface area contributed by atoms with Crippen molar-refractivity contribution in [3.05, 3.63) is 30.5 Å². The second-order valence-electron chi connectivity index (χ2n) is 6.14. The summed E-state index contributed by atoms with van der Waals surface area (Å²) < 4.78 is 0. The third-order valence-corrected chi connectivity index (χ3v) is 4.31. The van der Waals surface area contributed by atoms with Crippen molar-refractivity contribution in [2.45, 2.75) is 39.2 Å². The van der Waals surface area contributed by atoms with Gasteiger partial charge >= 0.3 is 0 Å². The molecule has 0 spiro atoms. The van der Waals surface area contributed by atoms with E-state index in [0.717, 1.165) is 23.4 Å². The smallest absolute Gasteiger partial charge is 0.0948 e. The Balaban J connectivity index is 1.76. The molecule has 1 aliphatic rings. The maximum Gasteiger partial charge on any atom is 0.0948 e. The van der Waals surface area contributed by atoms with Gasteiger partial charge in [-0.15, -0.1) is 0 Å². The van der Waals surface area contributed by atoms with E-state index in [2.05, 4.69) is 38.9 Å². The summed E-state index contributed by atoms with van der Waals surface area (Å²) in [6.45, 7) is 6.95. The largest absolute Gasteiger partial charge is 0.301 e. The molecule has 5 heteroatoms. The number of hydrogen-bond acceptors (Lipinski definition) is 4. The fourth-order valence-electron chi connectivity index (χ4n) is 3.14. The molecule has 2 aromatic heterocycles. The van der Waals surface area contributed by atoms with Crippen LogP contribution in [-0.2, 0) is 6.42 Å². The molecule has 112 valence electrons. The van der Waals surface area contributed by atoms with Gasteiger partial charge in [0.15, 0.2) is 0 Å². The van der Waals surface area contributed by atoms with Crippen molar-refractivity contribution < 1.29 is 0 Å². The molecular formula is C16H23N5. The van der Waals surface area contributed by atoms with Crippen LogP contribution in [0.5, 0.6) is 0 Å². The zero-order valence-corrected chi connectivity index (χ0v) is 12.8. The Bertz CT molecular complexity index is 564. The first-order valence-corrected chi connectivity index (χ1v) is 7.77. The molecule has 5 nitrogen and oxygen atoms in total. The monoisotopic (exact) mass is 285 g/mol. The molecule has 1 aliphatic heterocycles. The lowest BCUT2D eigenvalue weighted by Gasteiger charge is -2.35. The predicted octanol–water partition coefficient (Wildman–Crippen LogP) is 2.53. The molecule has 1 unspecified atom stereocenters. The van der Waals surface area contributed by atoms with Crippen LogP contribution >= 0.6 is 0 Å². The quantitative estimate of drug-likeness (QED) is 0.938. The van der Waals surface area contributed by atoms with Crippen molar-refractivity contribution in [3.63, 3.8) is 0 Å². The van der Waals surface area contributed by atoms with E-state index in [1.165, 1.54) is 25.9 Å². The van der Waals surface area contributed by atoms with Gasteiger partial charge in [0, 0.05) is 36.7 Å². The van der Waals surface area contributed by atoms with Crippen LogP contribution in [0.2, 0.25) is 0 Å². The van der Waals surface area contributed by atoms with E-state index in [1.807, 2.05) is 12.4 Å². The fourth-order valence-corrected chi connectivity index (χ4v) is 3.14. The van der Waals surface area contributed by atoms with E-state index in [9.17, 15) is 0 Å². The predicted molar refractivity (Wildman–Crippen MR) is 82.8 cm³/mol. The zero-order valence-electron chi connectivity index (χ0n) is 12.8. The summed E-state index contributed by atoms with van der Waals surface area (Å²) in [5, 5.41) is 6.88. The van der Waals surface area contributed by atoms with E-state index < -0.39 is 0 Å². The molecule has 1 atom stereocenters. The second kappa shape index (κ2) is 6.35. The number of likely N-dealkylation sites (tertiary alicyclic amines) is 1. The number of nitrogens with zero attached hydrogens (tertiary/aromatic N) is 4. The Morgan fingerprint density at radius 3 is 2.95 bits per heavy atom. The molecule has 0 radical (unpaired) electrons. The molecule has 0 aromatic carbocycles. The first-order chi connectivity index (χ1) is 10.2. The zero-order chi connectivity index (χ0) is 14.7. The SMILES string of the molecule is CC(C)N1CCCC(Cc2nccnc2-c2cn[nH]c2)C1. The molecule has 1 saturated heterocycles. The van der Waals surface area contributed by atoms with Crippen molar-refractivity contribution in [1.29, 1.82) is 0 Å². The third-order valence-electron chi connectivity index (χ3n) is 4.31. The van der Waals surface area contributed by atoms with E-state index in [1.54, 1.807) is 12.4 Å². The summed E-state index contributed by atoms with van der Waals surface area (Å²) in [6, 6.07) is 0.628. The minimum Gasteiger partial charge on any atom is -0.301 e. The number of aromatic nitrogens is 4. The van der Waals surface area contributed by atoms with Gasteiger partial charge in [-0.2, -0.15) is 5.10 Å².